The number of amides is 1. The Labute approximate surface area is 88.5 Å². The summed E-state index contributed by atoms with van der Waals surface area (Å²) < 4.78 is 0. The molecule has 0 aliphatic rings. The first-order valence-electron chi connectivity index (χ1n) is 4.54. The largest absolute Gasteiger partial charge is 0.368 e. The normalized spacial score (nSPS) is 13.9. The van der Waals surface area contributed by atoms with E-state index in [1.165, 1.54) is 0 Å². The van der Waals surface area contributed by atoms with Gasteiger partial charge in [-0.05, 0) is 18.6 Å². The van der Waals surface area contributed by atoms with Gasteiger partial charge in [0.15, 0.2) is 0 Å². The standard InChI is InChI=1S/C11H13N3O/c1-11(14,10(13)15)6-8-4-2-3-5-9(8)7-12/h2-5H,6,14H2,1H3,(H2,13,15). The zero-order chi connectivity index (χ0) is 11.5. The van der Waals surface area contributed by atoms with Gasteiger partial charge >= 0.3 is 0 Å². The Kier molecular flexibility index (Phi) is 3.08. The summed E-state index contributed by atoms with van der Waals surface area (Å²) >= 11 is 0. The van der Waals surface area contributed by atoms with E-state index < -0.39 is 11.4 Å². The predicted octanol–water partition coefficient (Wildman–Crippen LogP) is 0.303. The lowest BCUT2D eigenvalue weighted by molar-refractivity contribution is -0.122. The summed E-state index contributed by atoms with van der Waals surface area (Å²) in [5.74, 6) is -0.574. The monoisotopic (exact) mass is 203 g/mol. The Bertz CT molecular complexity index is 418. The molecule has 0 saturated heterocycles. The van der Waals surface area contributed by atoms with Crippen LogP contribution in [0, 0.1) is 11.3 Å². The van der Waals surface area contributed by atoms with Crippen LogP contribution in [0.25, 0.3) is 0 Å². The summed E-state index contributed by atoms with van der Waals surface area (Å²) in [6.45, 7) is 1.56. The van der Waals surface area contributed by atoms with Gasteiger partial charge in [0.2, 0.25) is 5.91 Å². The van der Waals surface area contributed by atoms with Crippen LogP contribution in [0.1, 0.15) is 18.1 Å². The number of nitrogens with two attached hydrogens (primary N) is 2. The van der Waals surface area contributed by atoms with E-state index in [1.807, 2.05) is 6.07 Å². The summed E-state index contributed by atoms with van der Waals surface area (Å²) in [7, 11) is 0. The van der Waals surface area contributed by atoms with Crippen LogP contribution in [0.4, 0.5) is 0 Å². The number of nitrogens with zero attached hydrogens (tertiary/aromatic N) is 1. The number of rotatable bonds is 3. The molecule has 1 amide bonds. The molecule has 0 aliphatic heterocycles. The molecule has 0 aromatic heterocycles. The summed E-state index contributed by atoms with van der Waals surface area (Å²) in [6, 6.07) is 9.07. The fraction of sp³-hybridized carbons (Fsp3) is 0.273. The van der Waals surface area contributed by atoms with Gasteiger partial charge in [0, 0.05) is 6.42 Å². The number of primary amides is 1. The van der Waals surface area contributed by atoms with Crippen LogP contribution in [0.15, 0.2) is 24.3 Å². The summed E-state index contributed by atoms with van der Waals surface area (Å²) in [4.78, 5) is 11.0. The molecule has 0 heterocycles. The van der Waals surface area contributed by atoms with Gasteiger partial charge in [0.25, 0.3) is 0 Å². The Hall–Kier alpha value is -1.86. The van der Waals surface area contributed by atoms with Gasteiger partial charge in [-0.3, -0.25) is 4.79 Å². The lowest BCUT2D eigenvalue weighted by Crippen LogP contribution is -2.51. The van der Waals surface area contributed by atoms with Gasteiger partial charge in [-0.2, -0.15) is 5.26 Å². The van der Waals surface area contributed by atoms with Crippen molar-refractivity contribution in [3.8, 4) is 6.07 Å². The van der Waals surface area contributed by atoms with Crippen molar-refractivity contribution in [3.05, 3.63) is 35.4 Å². The van der Waals surface area contributed by atoms with Crippen LogP contribution in [0.3, 0.4) is 0 Å². The minimum absolute atomic E-state index is 0.270. The van der Waals surface area contributed by atoms with E-state index in [4.69, 9.17) is 16.7 Å². The number of hydrogen-bond acceptors (Lipinski definition) is 3. The van der Waals surface area contributed by atoms with Gasteiger partial charge < -0.3 is 11.5 Å². The second-order valence-corrected chi connectivity index (χ2v) is 3.73. The molecule has 1 aromatic rings. The van der Waals surface area contributed by atoms with Crippen molar-refractivity contribution in [2.24, 2.45) is 11.5 Å². The third-order valence-electron chi connectivity index (χ3n) is 2.26. The molecule has 0 aliphatic carbocycles. The van der Waals surface area contributed by atoms with E-state index in [-0.39, 0.29) is 6.42 Å². The minimum atomic E-state index is -1.12. The molecule has 0 bridgehead atoms. The van der Waals surface area contributed by atoms with Crippen molar-refractivity contribution < 1.29 is 4.79 Å². The van der Waals surface area contributed by atoms with Crippen molar-refractivity contribution in [1.29, 1.82) is 5.26 Å². The van der Waals surface area contributed by atoms with Crippen LogP contribution < -0.4 is 11.5 Å². The maximum absolute atomic E-state index is 11.0. The third-order valence-corrected chi connectivity index (χ3v) is 2.26. The summed E-state index contributed by atoms with van der Waals surface area (Å²) in [6.07, 6.45) is 0.270. The van der Waals surface area contributed by atoms with Gasteiger partial charge in [0.1, 0.15) is 0 Å². The van der Waals surface area contributed by atoms with Crippen LogP contribution in [0.5, 0.6) is 0 Å². The first-order chi connectivity index (χ1) is 6.97. The number of carbonyl (C=O) groups is 1. The smallest absolute Gasteiger partial charge is 0.237 e. The van der Waals surface area contributed by atoms with Gasteiger partial charge in [-0.1, -0.05) is 18.2 Å². The average Bonchev–Trinajstić information content (AvgIpc) is 2.18. The maximum atomic E-state index is 11.0. The third kappa shape index (κ3) is 2.55. The van der Waals surface area contributed by atoms with E-state index in [1.54, 1.807) is 31.2 Å². The van der Waals surface area contributed by atoms with Crippen molar-refractivity contribution in [1.82, 2.24) is 0 Å². The average molecular weight is 203 g/mol. The zero-order valence-corrected chi connectivity index (χ0v) is 8.53. The summed E-state index contributed by atoms with van der Waals surface area (Å²) in [5.41, 5.74) is 11.0. The molecule has 1 rings (SSSR count). The predicted molar refractivity (Wildman–Crippen MR) is 56.6 cm³/mol. The van der Waals surface area contributed by atoms with Crippen molar-refractivity contribution in [3.63, 3.8) is 0 Å². The molecule has 78 valence electrons. The Balaban J connectivity index is 3.00. The maximum Gasteiger partial charge on any atom is 0.237 e. The fourth-order valence-corrected chi connectivity index (χ4v) is 1.27. The quantitative estimate of drug-likeness (QED) is 0.740. The molecule has 0 saturated carbocycles. The molecule has 1 unspecified atom stereocenters. The van der Waals surface area contributed by atoms with Crippen molar-refractivity contribution in [2.75, 3.05) is 0 Å². The highest BCUT2D eigenvalue weighted by Crippen LogP contribution is 2.14. The van der Waals surface area contributed by atoms with E-state index in [0.717, 1.165) is 5.56 Å². The van der Waals surface area contributed by atoms with Crippen LogP contribution in [0.2, 0.25) is 0 Å². The number of carbonyl (C=O) groups excluding carboxylic acids is 1. The van der Waals surface area contributed by atoms with Crippen molar-refractivity contribution in [2.45, 2.75) is 18.9 Å². The molecule has 4 heteroatoms. The van der Waals surface area contributed by atoms with E-state index in [0.29, 0.717) is 5.56 Å². The second kappa shape index (κ2) is 4.11. The van der Waals surface area contributed by atoms with E-state index in [2.05, 4.69) is 0 Å². The molecule has 0 radical (unpaired) electrons. The lowest BCUT2D eigenvalue weighted by Gasteiger charge is -2.20. The number of nitriles is 1. The molecule has 15 heavy (non-hydrogen) atoms. The molecule has 1 aromatic carbocycles. The Morgan fingerprint density at radius 2 is 2.13 bits per heavy atom. The van der Waals surface area contributed by atoms with Crippen LogP contribution in [-0.4, -0.2) is 11.4 Å². The molecular weight excluding hydrogens is 190 g/mol. The van der Waals surface area contributed by atoms with Gasteiger partial charge in [0.05, 0.1) is 17.2 Å². The zero-order valence-electron chi connectivity index (χ0n) is 8.53. The lowest BCUT2D eigenvalue weighted by atomic mass is 9.91. The highest BCUT2D eigenvalue weighted by atomic mass is 16.1. The second-order valence-electron chi connectivity index (χ2n) is 3.73. The summed E-state index contributed by atoms with van der Waals surface area (Å²) in [5, 5.41) is 8.85. The number of benzene rings is 1. The first kappa shape index (κ1) is 11.2. The van der Waals surface area contributed by atoms with Gasteiger partial charge in [-0.25, -0.2) is 0 Å². The minimum Gasteiger partial charge on any atom is -0.368 e. The highest BCUT2D eigenvalue weighted by Gasteiger charge is 2.26. The van der Waals surface area contributed by atoms with Crippen LogP contribution >= 0.6 is 0 Å². The van der Waals surface area contributed by atoms with E-state index >= 15 is 0 Å². The molecule has 1 atom stereocenters. The van der Waals surface area contributed by atoms with Gasteiger partial charge in [-0.15, -0.1) is 0 Å². The Morgan fingerprint density at radius 1 is 1.53 bits per heavy atom. The fourth-order valence-electron chi connectivity index (χ4n) is 1.27. The molecule has 0 fully saturated rings. The molecular formula is C11H13N3O. The Morgan fingerprint density at radius 3 is 2.67 bits per heavy atom. The first-order valence-corrected chi connectivity index (χ1v) is 4.54. The topological polar surface area (TPSA) is 92.9 Å². The number of hydrogen-bond donors (Lipinski definition) is 2. The molecule has 0 spiro atoms. The molecule has 4 nitrogen and oxygen atoms in total. The van der Waals surface area contributed by atoms with Crippen molar-refractivity contribution >= 4 is 5.91 Å². The van der Waals surface area contributed by atoms with Crippen LogP contribution in [-0.2, 0) is 11.2 Å². The molecule has 4 N–H and O–H groups in total. The van der Waals surface area contributed by atoms with E-state index in [9.17, 15) is 4.79 Å². The highest BCUT2D eigenvalue weighted by molar-refractivity contribution is 5.84. The SMILES string of the molecule is CC(N)(Cc1ccccc1C#N)C(N)=O.